The number of carbonyl (C=O) groups is 1. The highest BCUT2D eigenvalue weighted by atomic mass is 16.6. The maximum absolute atomic E-state index is 12.4. The molecular weight excluding hydrogens is 404 g/mol. The van der Waals surface area contributed by atoms with Gasteiger partial charge in [0.2, 0.25) is 5.91 Å². The van der Waals surface area contributed by atoms with Gasteiger partial charge in [0.05, 0.1) is 11.0 Å². The Morgan fingerprint density at radius 3 is 2.53 bits per heavy atom. The summed E-state index contributed by atoms with van der Waals surface area (Å²) < 4.78 is 6.37. The van der Waals surface area contributed by atoms with E-state index >= 15 is 0 Å². The highest BCUT2D eigenvalue weighted by Gasteiger charge is 2.62. The lowest BCUT2D eigenvalue weighted by molar-refractivity contribution is -0.384. The predicted molar refractivity (Wildman–Crippen MR) is 122 cm³/mol. The average molecular weight is 441 g/mol. The second-order valence-corrected chi connectivity index (χ2v) is 11.7. The summed E-state index contributed by atoms with van der Waals surface area (Å²) in [6.07, 6.45) is 7.60. The fraction of sp³-hybridized carbons (Fsp3) is 0.731. The number of hydrogen-bond acceptors (Lipinski definition) is 4. The molecule has 3 saturated carbocycles. The molecule has 5 rings (SSSR count). The number of likely N-dealkylation sites (tertiary alicyclic amines) is 1. The van der Waals surface area contributed by atoms with Gasteiger partial charge in [-0.25, -0.2) is 0 Å². The van der Waals surface area contributed by atoms with Crippen molar-refractivity contribution in [1.82, 2.24) is 4.90 Å². The van der Waals surface area contributed by atoms with Crippen LogP contribution in [0.1, 0.15) is 65.7 Å². The van der Waals surface area contributed by atoms with E-state index in [9.17, 15) is 14.9 Å². The minimum atomic E-state index is -0.371. The number of nitrogens with zero attached hydrogens (tertiary/aromatic N) is 2. The molecule has 3 aliphatic carbocycles. The smallest absolute Gasteiger partial charge is 0.269 e. The van der Waals surface area contributed by atoms with Gasteiger partial charge in [0.15, 0.2) is 0 Å². The molecule has 1 saturated heterocycles. The lowest BCUT2D eigenvalue weighted by atomic mass is 9.45. The quantitative estimate of drug-likeness (QED) is 0.463. The Labute approximate surface area is 190 Å². The largest absolute Gasteiger partial charge is 0.490 e. The fourth-order valence-corrected chi connectivity index (χ4v) is 8.39. The van der Waals surface area contributed by atoms with Crippen molar-refractivity contribution in [1.29, 1.82) is 0 Å². The number of ether oxygens (including phenoxy) is 1. The lowest BCUT2D eigenvalue weighted by Crippen LogP contribution is -2.62. The number of benzene rings is 1. The molecule has 0 bridgehead atoms. The summed E-state index contributed by atoms with van der Waals surface area (Å²) in [6.45, 7) is 7.35. The van der Waals surface area contributed by atoms with Crippen LogP contribution in [0, 0.1) is 44.6 Å². The highest BCUT2D eigenvalue weighted by Crippen LogP contribution is 2.66. The minimum absolute atomic E-state index is 0.0991. The summed E-state index contributed by atoms with van der Waals surface area (Å²) in [6, 6.07) is 6.89. The molecule has 4 aliphatic rings. The Bertz CT molecular complexity index is 917. The van der Waals surface area contributed by atoms with Gasteiger partial charge in [0.1, 0.15) is 5.75 Å². The summed E-state index contributed by atoms with van der Waals surface area (Å²) in [5.41, 5.74) is 0.612. The zero-order chi connectivity index (χ0) is 22.8. The van der Waals surface area contributed by atoms with Crippen LogP contribution in [0.3, 0.4) is 0 Å². The van der Waals surface area contributed by atoms with E-state index in [1.807, 2.05) is 7.05 Å². The van der Waals surface area contributed by atoms with Gasteiger partial charge in [-0.3, -0.25) is 14.9 Å². The normalized spacial score (nSPS) is 43.2. The van der Waals surface area contributed by atoms with Crippen LogP contribution >= 0.6 is 0 Å². The van der Waals surface area contributed by atoms with Crippen LogP contribution in [0.15, 0.2) is 24.3 Å². The average Bonchev–Trinajstić information content (AvgIpc) is 3.09. The Balaban J connectivity index is 1.36. The molecule has 4 fully saturated rings. The van der Waals surface area contributed by atoms with Crippen LogP contribution in [0.5, 0.6) is 5.75 Å². The van der Waals surface area contributed by atoms with Crippen molar-refractivity contribution in [2.45, 2.75) is 77.9 Å². The Morgan fingerprint density at radius 1 is 1.12 bits per heavy atom. The van der Waals surface area contributed by atoms with Gasteiger partial charge in [-0.2, -0.15) is 0 Å². The number of carbonyl (C=O) groups excluding carboxylic acids is 1. The van der Waals surface area contributed by atoms with E-state index < -0.39 is 0 Å². The van der Waals surface area contributed by atoms with Crippen LogP contribution < -0.4 is 4.74 Å². The van der Waals surface area contributed by atoms with E-state index in [0.717, 1.165) is 31.4 Å². The van der Waals surface area contributed by atoms with Gasteiger partial charge in [0, 0.05) is 31.6 Å². The first-order valence-corrected chi connectivity index (χ1v) is 12.3. The van der Waals surface area contributed by atoms with Crippen molar-refractivity contribution in [3.8, 4) is 5.75 Å². The van der Waals surface area contributed by atoms with Gasteiger partial charge in [-0.1, -0.05) is 20.8 Å². The molecule has 1 aliphatic heterocycles. The van der Waals surface area contributed by atoms with Crippen molar-refractivity contribution in [3.05, 3.63) is 34.4 Å². The molecule has 0 radical (unpaired) electrons. The maximum Gasteiger partial charge on any atom is 0.269 e. The van der Waals surface area contributed by atoms with Crippen LogP contribution in [0.25, 0.3) is 0 Å². The molecule has 6 nitrogen and oxygen atoms in total. The SMILES string of the molecule is CC1CC2N(C)C(=O)CC[C@]2(C)C2CC[C@]3(C)CC(Oc4ccc([N+](=O)[O-])cc4)CC3C12. The summed E-state index contributed by atoms with van der Waals surface area (Å²) in [4.78, 5) is 25.1. The van der Waals surface area contributed by atoms with Crippen LogP contribution in [0.2, 0.25) is 0 Å². The minimum Gasteiger partial charge on any atom is -0.490 e. The molecule has 6 heteroatoms. The number of nitro benzene ring substituents is 1. The molecular formula is C26H36N2O4. The first kappa shape index (κ1) is 21.7. The molecule has 32 heavy (non-hydrogen) atoms. The van der Waals surface area contributed by atoms with E-state index in [4.69, 9.17) is 4.74 Å². The van der Waals surface area contributed by atoms with Gasteiger partial charge in [-0.05, 0) is 85.2 Å². The summed E-state index contributed by atoms with van der Waals surface area (Å²) >= 11 is 0. The molecule has 1 aromatic carbocycles. The molecule has 1 aromatic rings. The zero-order valence-corrected chi connectivity index (χ0v) is 19.8. The molecule has 0 N–H and O–H groups in total. The van der Waals surface area contributed by atoms with E-state index in [1.54, 1.807) is 12.1 Å². The number of nitro groups is 1. The van der Waals surface area contributed by atoms with Gasteiger partial charge in [-0.15, -0.1) is 0 Å². The third-order valence-corrected chi connectivity index (χ3v) is 10.0. The van der Waals surface area contributed by atoms with Crippen molar-refractivity contribution in [2.24, 2.45) is 34.5 Å². The lowest BCUT2D eigenvalue weighted by Gasteiger charge is -2.63. The molecule has 0 spiro atoms. The summed E-state index contributed by atoms with van der Waals surface area (Å²) in [5, 5.41) is 10.9. The van der Waals surface area contributed by atoms with Crippen LogP contribution in [-0.2, 0) is 4.79 Å². The topological polar surface area (TPSA) is 72.7 Å². The second kappa shape index (κ2) is 7.46. The third kappa shape index (κ3) is 3.24. The number of hydrogen-bond donors (Lipinski definition) is 0. The van der Waals surface area contributed by atoms with E-state index in [0.29, 0.717) is 47.5 Å². The van der Waals surface area contributed by atoms with E-state index in [-0.39, 0.29) is 22.1 Å². The van der Waals surface area contributed by atoms with Crippen LogP contribution in [0.4, 0.5) is 5.69 Å². The molecule has 1 heterocycles. The Hall–Kier alpha value is -2.11. The van der Waals surface area contributed by atoms with Crippen molar-refractivity contribution >= 4 is 11.6 Å². The van der Waals surface area contributed by atoms with E-state index in [1.165, 1.54) is 25.0 Å². The van der Waals surface area contributed by atoms with Gasteiger partial charge < -0.3 is 9.64 Å². The monoisotopic (exact) mass is 440 g/mol. The van der Waals surface area contributed by atoms with Crippen LogP contribution in [-0.4, -0.2) is 34.9 Å². The fourth-order valence-electron chi connectivity index (χ4n) is 8.39. The maximum atomic E-state index is 12.4. The standard InChI is InChI=1S/C26H36N2O4/c1-16-13-22-26(3,12-10-23(29)27(22)4)20-9-11-25(2)15-19(14-21(25)24(16)20)32-18-7-5-17(6-8-18)28(30)31/h5-8,16,19-22,24H,9-15H2,1-4H3/t16?,19?,20?,21?,22?,24?,25-,26-/m1/s1. The first-order chi connectivity index (χ1) is 15.1. The van der Waals surface area contributed by atoms with Crippen molar-refractivity contribution in [3.63, 3.8) is 0 Å². The number of rotatable bonds is 3. The second-order valence-electron chi connectivity index (χ2n) is 11.7. The number of amides is 1. The molecule has 174 valence electrons. The third-order valence-electron chi connectivity index (χ3n) is 10.0. The van der Waals surface area contributed by atoms with Crippen molar-refractivity contribution in [2.75, 3.05) is 7.05 Å². The molecule has 0 aromatic heterocycles. The molecule has 6 unspecified atom stereocenters. The number of non-ortho nitro benzene ring substituents is 1. The number of piperidine rings is 1. The predicted octanol–water partition coefficient (Wildman–Crippen LogP) is 5.45. The Morgan fingerprint density at radius 2 is 1.84 bits per heavy atom. The summed E-state index contributed by atoms with van der Waals surface area (Å²) in [5.74, 6) is 3.64. The van der Waals surface area contributed by atoms with Gasteiger partial charge in [0.25, 0.3) is 5.69 Å². The number of fused-ring (bicyclic) bond motifs is 5. The first-order valence-electron chi connectivity index (χ1n) is 12.3. The highest BCUT2D eigenvalue weighted by molar-refractivity contribution is 5.77. The molecule has 1 amide bonds. The van der Waals surface area contributed by atoms with Gasteiger partial charge >= 0.3 is 0 Å². The summed E-state index contributed by atoms with van der Waals surface area (Å²) in [7, 11) is 2.02. The van der Waals surface area contributed by atoms with E-state index in [2.05, 4.69) is 25.7 Å². The van der Waals surface area contributed by atoms with Crippen molar-refractivity contribution < 1.29 is 14.5 Å². The zero-order valence-electron chi connectivity index (χ0n) is 19.8. The molecule has 8 atom stereocenters. The Kier molecular flexibility index (Phi) is 5.06.